The molecule has 3 aliphatic rings. The summed E-state index contributed by atoms with van der Waals surface area (Å²) in [5.41, 5.74) is 0.0734. The molecule has 2 aromatic rings. The highest BCUT2D eigenvalue weighted by atomic mass is 19.4. The Kier molecular flexibility index (Phi) is 8.72. The Morgan fingerprint density at radius 3 is 2.28 bits per heavy atom. The normalized spacial score (nSPS) is 19.0. The number of nitrogens with one attached hydrogen (secondary N) is 3. The maximum absolute atomic E-state index is 14.9. The molecule has 43 heavy (non-hydrogen) atoms. The van der Waals surface area contributed by atoms with Gasteiger partial charge in [0.15, 0.2) is 0 Å². The van der Waals surface area contributed by atoms with Crippen molar-refractivity contribution >= 4 is 23.4 Å². The van der Waals surface area contributed by atoms with Crippen LogP contribution in [0.15, 0.2) is 30.5 Å². The third kappa shape index (κ3) is 8.27. The SMILES string of the molecule is O=C(Cc1ccc(NC(=O)C(NC(=O)c2ccnn2CCN2CC(F)(F)C2)C(C2CC2)C2CC2)c(F)c1)NCC(F)(F)F. The van der Waals surface area contributed by atoms with Crippen LogP contribution in [0.1, 0.15) is 41.7 Å². The summed E-state index contributed by atoms with van der Waals surface area (Å²) < 4.78 is 79.7. The van der Waals surface area contributed by atoms with Gasteiger partial charge in [-0.25, -0.2) is 13.2 Å². The maximum atomic E-state index is 14.9. The van der Waals surface area contributed by atoms with E-state index >= 15 is 0 Å². The minimum absolute atomic E-state index is 0.115. The molecule has 2 heterocycles. The van der Waals surface area contributed by atoms with Crippen LogP contribution in [-0.2, 0) is 22.6 Å². The number of alkyl halides is 5. The van der Waals surface area contributed by atoms with E-state index in [0.717, 1.165) is 31.7 Å². The molecule has 9 nitrogen and oxygen atoms in total. The number of nitrogens with zero attached hydrogens (tertiary/aromatic N) is 3. The topological polar surface area (TPSA) is 108 Å². The molecule has 234 valence electrons. The minimum atomic E-state index is -4.58. The minimum Gasteiger partial charge on any atom is -0.347 e. The number of amides is 3. The first-order valence-corrected chi connectivity index (χ1v) is 14.1. The second-order valence-electron chi connectivity index (χ2n) is 11.6. The number of carbonyl (C=O) groups is 3. The van der Waals surface area contributed by atoms with Gasteiger partial charge in [-0.1, -0.05) is 6.07 Å². The lowest BCUT2D eigenvalue weighted by Gasteiger charge is -2.38. The van der Waals surface area contributed by atoms with Crippen molar-refractivity contribution in [1.29, 1.82) is 0 Å². The van der Waals surface area contributed by atoms with Gasteiger partial charge in [-0.05, 0) is 67.2 Å². The van der Waals surface area contributed by atoms with Gasteiger partial charge in [0.25, 0.3) is 11.8 Å². The molecule has 2 saturated carbocycles. The molecule has 3 amide bonds. The van der Waals surface area contributed by atoms with E-state index in [2.05, 4.69) is 15.7 Å². The fourth-order valence-electron chi connectivity index (χ4n) is 5.58. The van der Waals surface area contributed by atoms with E-state index in [0.29, 0.717) is 0 Å². The Morgan fingerprint density at radius 2 is 1.70 bits per heavy atom. The van der Waals surface area contributed by atoms with E-state index in [9.17, 15) is 40.7 Å². The molecule has 1 unspecified atom stereocenters. The van der Waals surface area contributed by atoms with Crippen LogP contribution >= 0.6 is 0 Å². The Labute approximate surface area is 243 Å². The second-order valence-corrected chi connectivity index (χ2v) is 11.6. The molecule has 15 heteroatoms. The Hall–Kier alpha value is -3.62. The number of halogens is 6. The van der Waals surface area contributed by atoms with Gasteiger partial charge >= 0.3 is 6.18 Å². The number of benzene rings is 1. The average Bonchev–Trinajstić information content (AvgIpc) is 3.85. The highest BCUT2D eigenvalue weighted by Gasteiger charge is 2.48. The zero-order valence-corrected chi connectivity index (χ0v) is 23.1. The zero-order chi connectivity index (χ0) is 30.9. The van der Waals surface area contributed by atoms with Gasteiger partial charge in [-0.3, -0.25) is 24.0 Å². The van der Waals surface area contributed by atoms with E-state index < -0.39 is 54.6 Å². The average molecular weight is 615 g/mol. The first-order chi connectivity index (χ1) is 20.3. The third-order valence-corrected chi connectivity index (χ3v) is 7.92. The lowest BCUT2D eigenvalue weighted by molar-refractivity contribution is -0.138. The lowest BCUT2D eigenvalue weighted by atomic mass is 9.88. The maximum Gasteiger partial charge on any atom is 0.405 e. The predicted octanol–water partition coefficient (Wildman–Crippen LogP) is 3.37. The summed E-state index contributed by atoms with van der Waals surface area (Å²) in [5, 5.41) is 11.2. The van der Waals surface area contributed by atoms with E-state index in [1.54, 1.807) is 10.2 Å². The molecule has 0 radical (unpaired) electrons. The molecule has 3 N–H and O–H groups in total. The molecule has 1 aromatic carbocycles. The largest absolute Gasteiger partial charge is 0.405 e. The molecule has 1 aromatic heterocycles. The van der Waals surface area contributed by atoms with Gasteiger partial charge in [0.1, 0.15) is 24.1 Å². The van der Waals surface area contributed by atoms with Crippen molar-refractivity contribution < 1.29 is 40.7 Å². The Balaban J connectivity index is 1.25. The molecule has 1 atom stereocenters. The van der Waals surface area contributed by atoms with Crippen molar-refractivity contribution in [1.82, 2.24) is 25.3 Å². The summed E-state index contributed by atoms with van der Waals surface area (Å²) in [7, 11) is 0. The zero-order valence-electron chi connectivity index (χ0n) is 23.1. The monoisotopic (exact) mass is 614 g/mol. The molecule has 3 fully saturated rings. The highest BCUT2D eigenvalue weighted by Crippen LogP contribution is 2.51. The molecular weight excluding hydrogens is 582 g/mol. The number of likely N-dealkylation sites (tertiary alicyclic amines) is 1. The van der Waals surface area contributed by atoms with Crippen molar-refractivity contribution in [3.63, 3.8) is 0 Å². The summed E-state index contributed by atoms with van der Waals surface area (Å²) in [6.07, 6.45) is -0.0454. The summed E-state index contributed by atoms with van der Waals surface area (Å²) in [4.78, 5) is 40.3. The van der Waals surface area contributed by atoms with Gasteiger partial charge in [0.05, 0.1) is 31.7 Å². The van der Waals surface area contributed by atoms with Crippen LogP contribution in [0.5, 0.6) is 0 Å². The quantitative estimate of drug-likeness (QED) is 0.300. The van der Waals surface area contributed by atoms with Crippen LogP contribution in [0.2, 0.25) is 0 Å². The molecule has 1 saturated heterocycles. The fourth-order valence-corrected chi connectivity index (χ4v) is 5.58. The first-order valence-electron chi connectivity index (χ1n) is 14.1. The molecule has 0 bridgehead atoms. The molecule has 2 aliphatic carbocycles. The summed E-state index contributed by atoms with van der Waals surface area (Å²) in [6.45, 7) is -1.75. The van der Waals surface area contributed by atoms with Crippen molar-refractivity contribution in [2.45, 2.75) is 56.8 Å². The Bertz CT molecular complexity index is 1340. The van der Waals surface area contributed by atoms with Gasteiger partial charge < -0.3 is 16.0 Å². The number of rotatable bonds is 13. The van der Waals surface area contributed by atoms with Gasteiger partial charge in [-0.2, -0.15) is 18.3 Å². The van der Waals surface area contributed by atoms with Crippen molar-refractivity contribution in [3.05, 3.63) is 47.5 Å². The Morgan fingerprint density at radius 1 is 1.02 bits per heavy atom. The van der Waals surface area contributed by atoms with Crippen LogP contribution in [0.4, 0.5) is 32.0 Å². The molecule has 0 spiro atoms. The van der Waals surface area contributed by atoms with Crippen LogP contribution in [0.25, 0.3) is 0 Å². The fraction of sp³-hybridized carbons (Fsp3) is 0.571. The number of aromatic nitrogens is 2. The van der Waals surface area contributed by atoms with Crippen LogP contribution < -0.4 is 16.0 Å². The van der Waals surface area contributed by atoms with Crippen LogP contribution in [0.3, 0.4) is 0 Å². The van der Waals surface area contributed by atoms with E-state index in [1.165, 1.54) is 29.1 Å². The predicted molar refractivity (Wildman–Crippen MR) is 142 cm³/mol. The van der Waals surface area contributed by atoms with E-state index in [-0.39, 0.29) is 60.9 Å². The van der Waals surface area contributed by atoms with Crippen molar-refractivity contribution in [2.75, 3.05) is 31.5 Å². The van der Waals surface area contributed by atoms with E-state index in [4.69, 9.17) is 0 Å². The van der Waals surface area contributed by atoms with Crippen molar-refractivity contribution in [2.24, 2.45) is 17.8 Å². The second kappa shape index (κ2) is 12.2. The van der Waals surface area contributed by atoms with E-state index in [1.807, 2.05) is 0 Å². The van der Waals surface area contributed by atoms with Gasteiger partial charge in [0.2, 0.25) is 11.8 Å². The van der Waals surface area contributed by atoms with Crippen molar-refractivity contribution in [3.8, 4) is 0 Å². The smallest absolute Gasteiger partial charge is 0.347 e. The highest BCUT2D eigenvalue weighted by molar-refractivity contribution is 6.01. The number of anilines is 1. The van der Waals surface area contributed by atoms with Gasteiger partial charge in [-0.15, -0.1) is 0 Å². The van der Waals surface area contributed by atoms with Gasteiger partial charge in [0, 0.05) is 12.7 Å². The molecule has 1 aliphatic heterocycles. The van der Waals surface area contributed by atoms with Crippen LogP contribution in [-0.4, -0.2) is 76.7 Å². The summed E-state index contributed by atoms with van der Waals surface area (Å²) in [6, 6.07) is 3.99. The molecule has 5 rings (SSSR count). The number of carbonyl (C=O) groups excluding carboxylic acids is 3. The third-order valence-electron chi connectivity index (χ3n) is 7.92. The standard InChI is InChI=1S/C28H32F6N6O3/c29-19-11-16(12-22(41)35-13-28(32,33)34)1-6-20(19)37-26(43)24(23(17-2-3-17)18-4-5-18)38-25(42)21-7-8-36-40(21)10-9-39-14-27(30,31)15-39/h1,6-8,11,17-18,23-24H,2-5,9-10,12-15H2,(H,35,41)(H,37,43)(H,38,42). The first kappa shape index (κ1) is 30.8. The molecular formula is C28H32F6N6O3. The number of hydrogen-bond acceptors (Lipinski definition) is 5. The summed E-state index contributed by atoms with van der Waals surface area (Å²) in [5.74, 6) is -5.44. The summed E-state index contributed by atoms with van der Waals surface area (Å²) >= 11 is 0. The van der Waals surface area contributed by atoms with Crippen LogP contribution in [0, 0.1) is 23.6 Å². The number of hydrogen-bond donors (Lipinski definition) is 3. The lowest BCUT2D eigenvalue weighted by Crippen LogP contribution is -2.56.